The third-order valence-corrected chi connectivity index (χ3v) is 7.72. The molecule has 7 aromatic rings. The summed E-state index contributed by atoms with van der Waals surface area (Å²) in [7, 11) is 0. The summed E-state index contributed by atoms with van der Waals surface area (Å²) in [5, 5.41) is 7.73. The number of hydrogen-bond acceptors (Lipinski definition) is 2. The molecular formula is C37H24O2. The minimum Gasteiger partial charge on any atom is -0.450 e. The monoisotopic (exact) mass is 500 g/mol. The number of rotatable bonds is 2. The lowest BCUT2D eigenvalue weighted by Crippen LogP contribution is -1.98. The average Bonchev–Trinajstić information content (AvgIpc) is 2.99. The molecule has 2 heteroatoms. The Balaban J connectivity index is 1.26. The molecule has 0 atom stereocenters. The molecule has 2 nitrogen and oxygen atoms in total. The van der Waals surface area contributed by atoms with Crippen LogP contribution in [-0.4, -0.2) is 0 Å². The molecule has 0 fully saturated rings. The summed E-state index contributed by atoms with van der Waals surface area (Å²) in [5.41, 5.74) is 5.87. The van der Waals surface area contributed by atoms with Gasteiger partial charge >= 0.3 is 0 Å². The molecule has 0 bridgehead atoms. The Bertz CT molecular complexity index is 2050. The van der Waals surface area contributed by atoms with Crippen molar-refractivity contribution >= 4 is 32.3 Å². The lowest BCUT2D eigenvalue weighted by Gasteiger charge is -2.21. The van der Waals surface area contributed by atoms with Crippen molar-refractivity contribution in [2.45, 2.75) is 6.92 Å². The largest absolute Gasteiger partial charge is 0.450 e. The fourth-order valence-corrected chi connectivity index (χ4v) is 5.91. The number of benzene rings is 7. The van der Waals surface area contributed by atoms with Gasteiger partial charge < -0.3 is 9.47 Å². The summed E-state index contributed by atoms with van der Waals surface area (Å²) in [4.78, 5) is 0. The van der Waals surface area contributed by atoms with Gasteiger partial charge in [-0.25, -0.2) is 0 Å². The Morgan fingerprint density at radius 3 is 1.44 bits per heavy atom. The van der Waals surface area contributed by atoms with Crippen LogP contribution in [0.25, 0.3) is 54.6 Å². The Kier molecular flexibility index (Phi) is 4.77. The van der Waals surface area contributed by atoms with Gasteiger partial charge in [0.2, 0.25) is 0 Å². The number of hydrogen-bond donors (Lipinski definition) is 0. The molecule has 0 saturated carbocycles. The maximum absolute atomic E-state index is 6.18. The maximum atomic E-state index is 6.18. The van der Waals surface area contributed by atoms with Gasteiger partial charge in [-0.15, -0.1) is 0 Å². The Morgan fingerprint density at radius 1 is 0.333 bits per heavy atom. The van der Waals surface area contributed by atoms with E-state index in [2.05, 4.69) is 104 Å². The number of para-hydroxylation sites is 2. The predicted octanol–water partition coefficient (Wildman–Crippen LogP) is 10.7. The highest BCUT2D eigenvalue weighted by atomic mass is 16.6. The Labute approximate surface area is 226 Å². The summed E-state index contributed by atoms with van der Waals surface area (Å²) >= 11 is 0. The van der Waals surface area contributed by atoms with E-state index in [0.717, 1.165) is 34.1 Å². The van der Waals surface area contributed by atoms with Crippen molar-refractivity contribution < 1.29 is 9.47 Å². The third-order valence-electron chi connectivity index (χ3n) is 7.72. The van der Waals surface area contributed by atoms with Crippen molar-refractivity contribution in [1.82, 2.24) is 0 Å². The quantitative estimate of drug-likeness (QED) is 0.220. The van der Waals surface area contributed by atoms with E-state index in [1.807, 2.05) is 30.3 Å². The van der Waals surface area contributed by atoms with Crippen LogP contribution in [0.1, 0.15) is 5.56 Å². The molecule has 1 aliphatic heterocycles. The molecule has 0 aliphatic carbocycles. The first-order chi connectivity index (χ1) is 19.2. The minimum absolute atomic E-state index is 0.735. The average molecular weight is 501 g/mol. The molecule has 1 aliphatic rings. The van der Waals surface area contributed by atoms with Crippen LogP contribution < -0.4 is 9.47 Å². The van der Waals surface area contributed by atoms with Crippen molar-refractivity contribution in [2.24, 2.45) is 0 Å². The highest BCUT2D eigenvalue weighted by molar-refractivity contribution is 6.25. The summed E-state index contributed by atoms with van der Waals surface area (Å²) in [6.45, 7) is 2.16. The van der Waals surface area contributed by atoms with Gasteiger partial charge in [0, 0.05) is 0 Å². The second-order valence-corrected chi connectivity index (χ2v) is 10.3. The van der Waals surface area contributed by atoms with Crippen molar-refractivity contribution in [3.63, 3.8) is 0 Å². The van der Waals surface area contributed by atoms with Gasteiger partial charge in [0.1, 0.15) is 0 Å². The van der Waals surface area contributed by atoms with Crippen LogP contribution in [0.15, 0.2) is 127 Å². The fourth-order valence-electron chi connectivity index (χ4n) is 5.91. The van der Waals surface area contributed by atoms with Crippen molar-refractivity contribution in [2.75, 3.05) is 0 Å². The Hall–Kier alpha value is -5.08. The van der Waals surface area contributed by atoms with Gasteiger partial charge in [-0.2, -0.15) is 0 Å². The maximum Gasteiger partial charge on any atom is 0.170 e. The molecule has 0 amide bonds. The first-order valence-electron chi connectivity index (χ1n) is 13.3. The lowest BCUT2D eigenvalue weighted by atomic mass is 9.91. The zero-order chi connectivity index (χ0) is 25.9. The van der Waals surface area contributed by atoms with Gasteiger partial charge in [-0.1, -0.05) is 91.0 Å². The summed E-state index contributed by atoms with van der Waals surface area (Å²) in [5.74, 6) is 2.95. The van der Waals surface area contributed by atoms with Gasteiger partial charge in [-0.3, -0.25) is 0 Å². The first kappa shape index (κ1) is 22.0. The van der Waals surface area contributed by atoms with Crippen LogP contribution in [0.3, 0.4) is 0 Å². The molecule has 0 aromatic heterocycles. The molecular weight excluding hydrogens is 476 g/mol. The number of aryl methyl sites for hydroxylation is 1. The molecule has 184 valence electrons. The smallest absolute Gasteiger partial charge is 0.170 e. The third kappa shape index (κ3) is 3.57. The first-order valence-corrected chi connectivity index (χ1v) is 13.3. The number of ether oxygens (including phenoxy) is 2. The zero-order valence-corrected chi connectivity index (χ0v) is 21.4. The summed E-state index contributed by atoms with van der Waals surface area (Å²) in [6.07, 6.45) is 0. The molecule has 0 N–H and O–H groups in total. The second kappa shape index (κ2) is 8.47. The van der Waals surface area contributed by atoms with Crippen LogP contribution in [0, 0.1) is 6.92 Å². The molecule has 0 unspecified atom stereocenters. The van der Waals surface area contributed by atoms with Gasteiger partial charge in [0.15, 0.2) is 23.0 Å². The second-order valence-electron chi connectivity index (χ2n) is 10.3. The predicted molar refractivity (Wildman–Crippen MR) is 161 cm³/mol. The van der Waals surface area contributed by atoms with Gasteiger partial charge in [0.25, 0.3) is 0 Å². The van der Waals surface area contributed by atoms with E-state index in [0.29, 0.717) is 0 Å². The minimum atomic E-state index is 0.735. The van der Waals surface area contributed by atoms with Crippen LogP contribution >= 0.6 is 0 Å². The van der Waals surface area contributed by atoms with Crippen LogP contribution in [0.4, 0.5) is 0 Å². The highest BCUT2D eigenvalue weighted by Gasteiger charge is 2.19. The molecule has 0 spiro atoms. The zero-order valence-electron chi connectivity index (χ0n) is 21.4. The highest BCUT2D eigenvalue weighted by Crippen LogP contribution is 2.46. The summed E-state index contributed by atoms with van der Waals surface area (Å²) in [6, 6.07) is 45.0. The van der Waals surface area contributed by atoms with Crippen LogP contribution in [0.2, 0.25) is 0 Å². The SMILES string of the molecule is Cc1cc(-c2ccc3c(c2)Oc2ccccc2O3)cc(-c2ccc3c4ccccc4c4ccccc4c3c2)c1. The van der Waals surface area contributed by atoms with E-state index in [1.165, 1.54) is 49.0 Å². The van der Waals surface area contributed by atoms with E-state index < -0.39 is 0 Å². The Morgan fingerprint density at radius 2 is 0.795 bits per heavy atom. The van der Waals surface area contributed by atoms with Crippen LogP contribution in [-0.2, 0) is 0 Å². The summed E-state index contributed by atoms with van der Waals surface area (Å²) < 4.78 is 12.3. The normalized spacial score (nSPS) is 12.1. The number of fused-ring (bicyclic) bond motifs is 8. The molecule has 39 heavy (non-hydrogen) atoms. The molecule has 1 heterocycles. The van der Waals surface area contributed by atoms with E-state index in [1.54, 1.807) is 0 Å². The molecule has 0 saturated heterocycles. The van der Waals surface area contributed by atoms with E-state index in [4.69, 9.17) is 9.47 Å². The van der Waals surface area contributed by atoms with Crippen molar-refractivity contribution in [3.8, 4) is 45.3 Å². The van der Waals surface area contributed by atoms with Gasteiger partial charge in [-0.05, 0) is 103 Å². The standard InChI is InChI=1S/C37H24O2/c1-23-18-26(20-27(19-23)25-15-17-36-37(22-25)39-35-13-7-6-12-34(35)38-36)24-14-16-32-30-10-3-2-8-28(30)29-9-4-5-11-31(29)33(32)21-24/h2-22H,1H3. The van der Waals surface area contributed by atoms with Crippen molar-refractivity contribution in [1.29, 1.82) is 0 Å². The van der Waals surface area contributed by atoms with Crippen molar-refractivity contribution in [3.05, 3.63) is 133 Å². The van der Waals surface area contributed by atoms with E-state index in [9.17, 15) is 0 Å². The molecule has 7 aromatic carbocycles. The van der Waals surface area contributed by atoms with Crippen LogP contribution in [0.5, 0.6) is 23.0 Å². The van der Waals surface area contributed by atoms with E-state index >= 15 is 0 Å². The lowest BCUT2D eigenvalue weighted by molar-refractivity contribution is 0.360. The van der Waals surface area contributed by atoms with Gasteiger partial charge in [0.05, 0.1) is 0 Å². The molecule has 0 radical (unpaired) electrons. The topological polar surface area (TPSA) is 18.5 Å². The fraction of sp³-hybridized carbons (Fsp3) is 0.0270. The van der Waals surface area contributed by atoms with E-state index in [-0.39, 0.29) is 0 Å². The molecule has 8 rings (SSSR count).